The highest BCUT2D eigenvalue weighted by Gasteiger charge is 2.35. The Morgan fingerprint density at radius 1 is 1.08 bits per heavy atom. The van der Waals surface area contributed by atoms with Crippen molar-refractivity contribution in [2.75, 3.05) is 17.5 Å². The van der Waals surface area contributed by atoms with Crippen LogP contribution in [-0.4, -0.2) is 32.6 Å². The maximum atomic E-state index is 14.0. The Morgan fingerprint density at radius 3 is 2.39 bits per heavy atom. The maximum absolute atomic E-state index is 14.0. The number of ether oxygens (including phenoxy) is 1. The van der Waals surface area contributed by atoms with Crippen LogP contribution in [-0.2, 0) is 21.0 Å². The molecule has 0 saturated heterocycles. The zero-order chi connectivity index (χ0) is 26.7. The number of benzene rings is 3. The molecule has 192 valence electrons. The van der Waals surface area contributed by atoms with Gasteiger partial charge in [0.25, 0.3) is 10.0 Å². The molecule has 1 aliphatic rings. The molecule has 0 saturated carbocycles. The summed E-state index contributed by atoms with van der Waals surface area (Å²) in [6, 6.07) is 13.0. The highest BCUT2D eigenvalue weighted by atomic mass is 32.2. The lowest BCUT2D eigenvalue weighted by Crippen LogP contribution is -2.38. The first-order chi connectivity index (χ1) is 16.9. The minimum atomic E-state index is -4.67. The predicted molar refractivity (Wildman–Crippen MR) is 126 cm³/mol. The molecule has 1 heterocycles. The molecule has 3 aromatic rings. The minimum absolute atomic E-state index is 0.0452. The summed E-state index contributed by atoms with van der Waals surface area (Å²) in [7, 11) is -4.30. The van der Waals surface area contributed by atoms with Crippen LogP contribution >= 0.6 is 0 Å². The molecule has 0 fully saturated rings. The zero-order valence-electron chi connectivity index (χ0n) is 19.3. The highest BCUT2D eigenvalue weighted by molar-refractivity contribution is 7.92. The lowest BCUT2D eigenvalue weighted by molar-refractivity contribution is -0.138. The fourth-order valence-corrected chi connectivity index (χ4v) is 4.99. The number of sulfonamides is 1. The Hall–Kier alpha value is -3.60. The molecule has 0 unspecified atom stereocenters. The number of aliphatic carboxylic acids is 1. The third kappa shape index (κ3) is 5.78. The van der Waals surface area contributed by atoms with Crippen molar-refractivity contribution in [1.82, 2.24) is 0 Å². The van der Waals surface area contributed by atoms with Crippen molar-refractivity contribution in [3.63, 3.8) is 0 Å². The average molecular weight is 526 g/mol. The quantitative estimate of drug-likeness (QED) is 0.430. The van der Waals surface area contributed by atoms with Crippen LogP contribution in [0.25, 0.3) is 11.1 Å². The summed E-state index contributed by atoms with van der Waals surface area (Å²) in [5.74, 6) is -0.871. The molecule has 3 aromatic carbocycles. The van der Waals surface area contributed by atoms with E-state index in [1.165, 1.54) is 6.07 Å². The van der Waals surface area contributed by atoms with Crippen molar-refractivity contribution in [3.05, 3.63) is 77.6 Å². The molecule has 0 spiro atoms. The van der Waals surface area contributed by atoms with Gasteiger partial charge in [-0.3, -0.25) is 9.10 Å². The SMILES string of the molecule is CCC(=O)O.Cc1c(F)cccc1-c1ccc2c(c1)N(S(=O)(=O)c1cccc(C(F)(F)F)c1)CCO2. The monoisotopic (exact) mass is 525 g/mol. The molecule has 0 aliphatic carbocycles. The van der Waals surface area contributed by atoms with Gasteiger partial charge in [-0.05, 0) is 60.0 Å². The van der Waals surface area contributed by atoms with Crippen molar-refractivity contribution in [2.24, 2.45) is 0 Å². The molecule has 0 radical (unpaired) electrons. The molecule has 11 heteroatoms. The molecule has 1 aliphatic heterocycles. The molecule has 1 N–H and O–H groups in total. The number of carboxylic acid groups (broad SMARTS) is 1. The largest absolute Gasteiger partial charge is 0.489 e. The molecule has 0 bridgehead atoms. The number of alkyl halides is 3. The second-order valence-electron chi connectivity index (χ2n) is 7.79. The Kier molecular flexibility index (Phi) is 7.92. The number of carbonyl (C=O) groups is 1. The molecule has 0 amide bonds. The standard InChI is InChI=1S/C22H17F4NO3S.C3H6O2/c1-14-18(6-3-7-19(14)23)15-8-9-21-20(12-15)27(10-11-30-21)31(28,29)17-5-2-4-16(13-17)22(24,25)26;1-2-3(4)5/h2-9,12-13H,10-11H2,1H3;2H2,1H3,(H,4,5). The lowest BCUT2D eigenvalue weighted by atomic mass is 9.99. The molecule has 4 rings (SSSR count). The van der Waals surface area contributed by atoms with Crippen molar-refractivity contribution >= 4 is 21.7 Å². The second-order valence-corrected chi connectivity index (χ2v) is 9.66. The summed E-state index contributed by atoms with van der Waals surface area (Å²) in [5, 5.41) is 7.72. The Labute approximate surface area is 205 Å². The Morgan fingerprint density at radius 2 is 1.75 bits per heavy atom. The van der Waals surface area contributed by atoms with Gasteiger partial charge in [0.05, 0.1) is 22.7 Å². The van der Waals surface area contributed by atoms with E-state index in [4.69, 9.17) is 9.84 Å². The van der Waals surface area contributed by atoms with Gasteiger partial charge in [0.15, 0.2) is 0 Å². The zero-order valence-corrected chi connectivity index (χ0v) is 20.2. The number of hydrogen-bond donors (Lipinski definition) is 1. The summed E-state index contributed by atoms with van der Waals surface area (Å²) in [6.07, 6.45) is -4.45. The number of nitrogens with zero attached hydrogens (tertiary/aromatic N) is 1. The third-order valence-electron chi connectivity index (χ3n) is 5.41. The van der Waals surface area contributed by atoms with Crippen molar-refractivity contribution in [1.29, 1.82) is 0 Å². The molecule has 6 nitrogen and oxygen atoms in total. The summed E-state index contributed by atoms with van der Waals surface area (Å²) < 4.78 is 86.3. The van der Waals surface area contributed by atoms with Crippen LogP contribution in [0.15, 0.2) is 65.6 Å². The summed E-state index contributed by atoms with van der Waals surface area (Å²) in [5.41, 5.74) is 0.665. The van der Waals surface area contributed by atoms with E-state index < -0.39 is 38.4 Å². The summed E-state index contributed by atoms with van der Waals surface area (Å²) in [6.45, 7) is 3.18. The van der Waals surface area contributed by atoms with Gasteiger partial charge < -0.3 is 9.84 Å². The summed E-state index contributed by atoms with van der Waals surface area (Å²) in [4.78, 5) is 8.90. The van der Waals surface area contributed by atoms with Gasteiger partial charge in [0.2, 0.25) is 0 Å². The van der Waals surface area contributed by atoms with Gasteiger partial charge in [-0.25, -0.2) is 12.8 Å². The van der Waals surface area contributed by atoms with Gasteiger partial charge in [-0.15, -0.1) is 0 Å². The first kappa shape index (κ1) is 27.0. The van der Waals surface area contributed by atoms with Crippen molar-refractivity contribution in [2.45, 2.75) is 31.3 Å². The first-order valence-corrected chi connectivity index (χ1v) is 12.2. The van der Waals surface area contributed by atoms with Crippen molar-refractivity contribution in [3.8, 4) is 16.9 Å². The van der Waals surface area contributed by atoms with Crippen LogP contribution in [0.3, 0.4) is 0 Å². The van der Waals surface area contributed by atoms with Crippen LogP contribution < -0.4 is 9.04 Å². The Bertz CT molecular complexity index is 1370. The molecular formula is C25H23F4NO5S. The molecule has 0 atom stereocenters. The van der Waals surface area contributed by atoms with Gasteiger partial charge >= 0.3 is 12.1 Å². The van der Waals surface area contributed by atoms with E-state index >= 15 is 0 Å². The van der Waals surface area contributed by atoms with E-state index in [1.54, 1.807) is 44.2 Å². The van der Waals surface area contributed by atoms with E-state index in [0.717, 1.165) is 22.5 Å². The number of hydrogen-bond acceptors (Lipinski definition) is 4. The van der Waals surface area contributed by atoms with Gasteiger partial charge in [0.1, 0.15) is 18.2 Å². The fraction of sp³-hybridized carbons (Fsp3) is 0.240. The van der Waals surface area contributed by atoms with Crippen LogP contribution in [0.1, 0.15) is 24.5 Å². The van der Waals surface area contributed by atoms with E-state index in [0.29, 0.717) is 22.8 Å². The number of anilines is 1. The maximum Gasteiger partial charge on any atom is 0.416 e. The first-order valence-electron chi connectivity index (χ1n) is 10.8. The van der Waals surface area contributed by atoms with E-state index in [9.17, 15) is 30.8 Å². The minimum Gasteiger partial charge on any atom is -0.489 e. The van der Waals surface area contributed by atoms with E-state index in [-0.39, 0.29) is 31.0 Å². The highest BCUT2D eigenvalue weighted by Crippen LogP contribution is 2.40. The van der Waals surface area contributed by atoms with Crippen LogP contribution in [0, 0.1) is 12.7 Å². The fourth-order valence-electron chi connectivity index (χ4n) is 3.49. The predicted octanol–water partition coefficient (Wildman–Crippen LogP) is 5.89. The average Bonchev–Trinajstić information content (AvgIpc) is 2.85. The number of fused-ring (bicyclic) bond motifs is 1. The molecular weight excluding hydrogens is 502 g/mol. The molecule has 36 heavy (non-hydrogen) atoms. The van der Waals surface area contributed by atoms with Crippen LogP contribution in [0.5, 0.6) is 5.75 Å². The lowest BCUT2D eigenvalue weighted by Gasteiger charge is -2.31. The Balaban J connectivity index is 0.000000658. The van der Waals surface area contributed by atoms with E-state index in [1.807, 2.05) is 0 Å². The van der Waals surface area contributed by atoms with Gasteiger partial charge in [-0.1, -0.05) is 31.2 Å². The topological polar surface area (TPSA) is 83.9 Å². The van der Waals surface area contributed by atoms with Crippen LogP contribution in [0.4, 0.5) is 23.2 Å². The van der Waals surface area contributed by atoms with Gasteiger partial charge in [-0.2, -0.15) is 13.2 Å². The summed E-state index contributed by atoms with van der Waals surface area (Å²) >= 11 is 0. The van der Waals surface area contributed by atoms with Crippen molar-refractivity contribution < 1.29 is 40.6 Å². The number of halogens is 4. The smallest absolute Gasteiger partial charge is 0.416 e. The van der Waals surface area contributed by atoms with Gasteiger partial charge in [0, 0.05) is 6.42 Å². The van der Waals surface area contributed by atoms with Crippen LogP contribution in [0.2, 0.25) is 0 Å². The van der Waals surface area contributed by atoms with E-state index in [2.05, 4.69) is 0 Å². The number of carboxylic acids is 1. The number of rotatable bonds is 4. The second kappa shape index (κ2) is 10.6. The normalized spacial score (nSPS) is 13.2. The third-order valence-corrected chi connectivity index (χ3v) is 7.22. The molecule has 0 aromatic heterocycles.